The van der Waals surface area contributed by atoms with Crippen LogP contribution in [-0.4, -0.2) is 42.5 Å². The number of ether oxygens (including phenoxy) is 1. The van der Waals surface area contributed by atoms with Gasteiger partial charge >= 0.3 is 0 Å². The van der Waals surface area contributed by atoms with E-state index in [2.05, 4.69) is 5.32 Å². The van der Waals surface area contributed by atoms with Gasteiger partial charge in [0.15, 0.2) is 0 Å². The van der Waals surface area contributed by atoms with Gasteiger partial charge in [-0.3, -0.25) is 9.59 Å². The Hall–Kier alpha value is -2.82. The summed E-state index contributed by atoms with van der Waals surface area (Å²) in [5.41, 5.74) is 2.48. The SMILES string of the molecule is COc1ccccc1-c1cccc(C(=O)N2CCC[C@H]2C(=O)NC2CCCC2)c1. The highest BCUT2D eigenvalue weighted by atomic mass is 16.5. The van der Waals surface area contributed by atoms with Crippen LogP contribution in [0.3, 0.4) is 0 Å². The van der Waals surface area contributed by atoms with Gasteiger partial charge in [-0.1, -0.05) is 43.2 Å². The van der Waals surface area contributed by atoms with Crippen LogP contribution in [0.2, 0.25) is 0 Å². The summed E-state index contributed by atoms with van der Waals surface area (Å²) in [4.78, 5) is 27.8. The molecule has 0 bridgehead atoms. The van der Waals surface area contributed by atoms with Gasteiger partial charge in [-0.2, -0.15) is 0 Å². The maximum atomic E-state index is 13.3. The first kappa shape index (κ1) is 19.5. The Morgan fingerprint density at radius 1 is 1.00 bits per heavy atom. The maximum Gasteiger partial charge on any atom is 0.254 e. The number of nitrogens with zero attached hydrogens (tertiary/aromatic N) is 1. The van der Waals surface area contributed by atoms with Crippen LogP contribution in [-0.2, 0) is 4.79 Å². The fourth-order valence-electron chi connectivity index (χ4n) is 4.52. The Morgan fingerprint density at radius 2 is 1.79 bits per heavy atom. The lowest BCUT2D eigenvalue weighted by molar-refractivity contribution is -0.125. The molecule has 2 aliphatic rings. The van der Waals surface area contributed by atoms with Crippen molar-refractivity contribution in [2.24, 2.45) is 0 Å². The summed E-state index contributed by atoms with van der Waals surface area (Å²) in [6.45, 7) is 0.625. The first-order valence-corrected chi connectivity index (χ1v) is 10.5. The minimum atomic E-state index is -0.363. The molecule has 1 aliphatic heterocycles. The zero-order valence-electron chi connectivity index (χ0n) is 16.9. The third-order valence-electron chi connectivity index (χ3n) is 6.05. The van der Waals surface area contributed by atoms with Gasteiger partial charge in [0.05, 0.1) is 7.11 Å². The Kier molecular flexibility index (Phi) is 5.84. The van der Waals surface area contributed by atoms with Crippen molar-refractivity contribution in [3.63, 3.8) is 0 Å². The number of para-hydroxylation sites is 1. The number of rotatable bonds is 5. The molecule has 152 valence electrons. The van der Waals surface area contributed by atoms with Gasteiger partial charge in [-0.15, -0.1) is 0 Å². The van der Waals surface area contributed by atoms with Crippen LogP contribution in [0.4, 0.5) is 0 Å². The van der Waals surface area contributed by atoms with Crippen molar-refractivity contribution in [3.8, 4) is 16.9 Å². The topological polar surface area (TPSA) is 58.6 Å². The Morgan fingerprint density at radius 3 is 2.59 bits per heavy atom. The van der Waals surface area contributed by atoms with Gasteiger partial charge in [0.25, 0.3) is 5.91 Å². The molecule has 2 aromatic rings. The fourth-order valence-corrected chi connectivity index (χ4v) is 4.52. The normalized spacial score (nSPS) is 19.3. The summed E-state index contributed by atoms with van der Waals surface area (Å²) in [7, 11) is 1.64. The fraction of sp³-hybridized carbons (Fsp3) is 0.417. The molecule has 29 heavy (non-hydrogen) atoms. The second-order valence-corrected chi connectivity index (χ2v) is 7.93. The molecule has 2 amide bonds. The molecule has 1 saturated heterocycles. The van der Waals surface area contributed by atoms with Crippen molar-refractivity contribution in [1.82, 2.24) is 10.2 Å². The zero-order valence-corrected chi connectivity index (χ0v) is 16.9. The van der Waals surface area contributed by atoms with E-state index < -0.39 is 0 Å². The quantitative estimate of drug-likeness (QED) is 0.836. The van der Waals surface area contributed by atoms with Crippen LogP contribution in [0.1, 0.15) is 48.9 Å². The molecular formula is C24H28N2O3. The highest BCUT2D eigenvalue weighted by Crippen LogP contribution is 2.31. The molecule has 2 fully saturated rings. The largest absolute Gasteiger partial charge is 0.496 e. The van der Waals surface area contributed by atoms with Crippen molar-refractivity contribution < 1.29 is 14.3 Å². The summed E-state index contributed by atoms with van der Waals surface area (Å²) in [5, 5.41) is 3.16. The molecule has 4 rings (SSSR count). The van der Waals surface area contributed by atoms with Crippen LogP contribution in [0.25, 0.3) is 11.1 Å². The van der Waals surface area contributed by atoms with Gasteiger partial charge in [0.1, 0.15) is 11.8 Å². The van der Waals surface area contributed by atoms with Gasteiger partial charge in [-0.25, -0.2) is 0 Å². The number of hydrogen-bond acceptors (Lipinski definition) is 3. The lowest BCUT2D eigenvalue weighted by Gasteiger charge is -2.25. The molecule has 1 aliphatic carbocycles. The third kappa shape index (κ3) is 4.14. The molecular weight excluding hydrogens is 364 g/mol. The second kappa shape index (κ2) is 8.68. The van der Waals surface area contributed by atoms with Gasteiger partial charge < -0.3 is 15.0 Å². The second-order valence-electron chi connectivity index (χ2n) is 7.93. The van der Waals surface area contributed by atoms with Gasteiger partial charge in [-0.05, 0) is 49.4 Å². The average Bonchev–Trinajstić information content (AvgIpc) is 3.45. The standard InChI is InChI=1S/C24H28N2O3/c1-29-22-14-5-4-12-20(22)17-8-6-9-18(16-17)24(28)26-15-7-13-21(26)23(27)25-19-10-2-3-11-19/h4-6,8-9,12,14,16,19,21H,2-3,7,10-11,13,15H2,1H3,(H,25,27)/t21-/m0/s1. The smallest absolute Gasteiger partial charge is 0.254 e. The number of hydrogen-bond donors (Lipinski definition) is 1. The minimum Gasteiger partial charge on any atom is -0.496 e. The number of carbonyl (C=O) groups excluding carboxylic acids is 2. The summed E-state index contributed by atoms with van der Waals surface area (Å²) in [5.74, 6) is 0.696. The highest BCUT2D eigenvalue weighted by molar-refractivity contribution is 5.99. The lowest BCUT2D eigenvalue weighted by Crippen LogP contribution is -2.48. The third-order valence-corrected chi connectivity index (χ3v) is 6.05. The predicted octanol–water partition coefficient (Wildman–Crippen LogP) is 4.03. The molecule has 0 aromatic heterocycles. The van der Waals surface area contributed by atoms with E-state index in [-0.39, 0.29) is 23.9 Å². The number of likely N-dealkylation sites (tertiary alicyclic amines) is 1. The van der Waals surface area contributed by atoms with E-state index in [0.717, 1.165) is 42.6 Å². The van der Waals surface area contributed by atoms with Crippen LogP contribution in [0, 0.1) is 0 Å². The number of methoxy groups -OCH3 is 1. The first-order valence-electron chi connectivity index (χ1n) is 10.5. The summed E-state index contributed by atoms with van der Waals surface area (Å²) < 4.78 is 5.46. The molecule has 1 saturated carbocycles. The molecule has 5 heteroatoms. The number of nitrogens with one attached hydrogen (secondary N) is 1. The number of carbonyl (C=O) groups is 2. The van der Waals surface area contributed by atoms with Crippen LogP contribution in [0.15, 0.2) is 48.5 Å². The molecule has 5 nitrogen and oxygen atoms in total. The minimum absolute atomic E-state index is 0.00336. The highest BCUT2D eigenvalue weighted by Gasteiger charge is 2.35. The van der Waals surface area contributed by atoms with E-state index in [9.17, 15) is 9.59 Å². The molecule has 1 heterocycles. The van der Waals surface area contributed by atoms with Crippen molar-refractivity contribution >= 4 is 11.8 Å². The molecule has 1 atom stereocenters. The van der Waals surface area contributed by atoms with Gasteiger partial charge in [0.2, 0.25) is 5.91 Å². The summed E-state index contributed by atoms with van der Waals surface area (Å²) in [6.07, 6.45) is 6.04. The zero-order chi connectivity index (χ0) is 20.2. The maximum absolute atomic E-state index is 13.3. The molecule has 0 unspecified atom stereocenters. The van der Waals surface area contributed by atoms with Crippen molar-refractivity contribution in [3.05, 3.63) is 54.1 Å². The predicted molar refractivity (Wildman–Crippen MR) is 113 cm³/mol. The van der Waals surface area contributed by atoms with Crippen LogP contribution in [0.5, 0.6) is 5.75 Å². The summed E-state index contributed by atoms with van der Waals surface area (Å²) >= 11 is 0. The molecule has 0 spiro atoms. The number of amides is 2. The van der Waals surface area contributed by atoms with E-state index in [4.69, 9.17) is 4.74 Å². The van der Waals surface area contributed by atoms with Crippen molar-refractivity contribution in [1.29, 1.82) is 0 Å². The van der Waals surface area contributed by atoms with Crippen LogP contribution >= 0.6 is 0 Å². The Bertz CT molecular complexity index is 889. The van der Waals surface area contributed by atoms with E-state index in [0.29, 0.717) is 12.1 Å². The number of benzene rings is 2. The molecule has 1 N–H and O–H groups in total. The van der Waals surface area contributed by atoms with Gasteiger partial charge in [0, 0.05) is 23.7 Å². The van der Waals surface area contributed by atoms with E-state index in [1.807, 2.05) is 48.5 Å². The lowest BCUT2D eigenvalue weighted by atomic mass is 10.0. The first-order chi connectivity index (χ1) is 14.2. The molecule has 0 radical (unpaired) electrons. The van der Waals surface area contributed by atoms with Crippen molar-refractivity contribution in [2.45, 2.75) is 50.6 Å². The average molecular weight is 392 g/mol. The van der Waals surface area contributed by atoms with E-state index in [1.165, 1.54) is 12.8 Å². The Labute approximate surface area is 172 Å². The van der Waals surface area contributed by atoms with E-state index >= 15 is 0 Å². The monoisotopic (exact) mass is 392 g/mol. The van der Waals surface area contributed by atoms with E-state index in [1.54, 1.807) is 12.0 Å². The summed E-state index contributed by atoms with van der Waals surface area (Å²) in [6, 6.07) is 15.3. The van der Waals surface area contributed by atoms with Crippen LogP contribution < -0.4 is 10.1 Å². The molecule has 2 aromatic carbocycles. The Balaban J connectivity index is 1.53. The van der Waals surface area contributed by atoms with Crippen molar-refractivity contribution in [2.75, 3.05) is 13.7 Å².